The van der Waals surface area contributed by atoms with E-state index in [9.17, 15) is 13.2 Å². The van der Waals surface area contributed by atoms with E-state index in [0.717, 1.165) is 10.4 Å². The minimum atomic E-state index is -3.71. The second-order valence-corrected chi connectivity index (χ2v) is 8.90. The molecule has 0 fully saturated rings. The minimum absolute atomic E-state index is 0.163. The van der Waals surface area contributed by atoms with Gasteiger partial charge in [0, 0.05) is 17.5 Å². The number of sulfonamides is 1. The van der Waals surface area contributed by atoms with Crippen LogP contribution in [-0.4, -0.2) is 26.3 Å². The van der Waals surface area contributed by atoms with Gasteiger partial charge in [-0.15, -0.1) is 11.3 Å². The molecular formula is C20H20N2O3S2. The molecule has 0 aliphatic rings. The summed E-state index contributed by atoms with van der Waals surface area (Å²) in [5.41, 5.74) is 1.58. The number of hydrogen-bond acceptors (Lipinski definition) is 4. The molecule has 27 heavy (non-hydrogen) atoms. The lowest BCUT2D eigenvalue weighted by atomic mass is 10.1. The van der Waals surface area contributed by atoms with Gasteiger partial charge in [0.05, 0.1) is 17.1 Å². The lowest BCUT2D eigenvalue weighted by Gasteiger charge is -2.18. The highest BCUT2D eigenvalue weighted by molar-refractivity contribution is 7.92. The first-order valence-corrected chi connectivity index (χ1v) is 10.7. The topological polar surface area (TPSA) is 66.5 Å². The summed E-state index contributed by atoms with van der Waals surface area (Å²) in [6, 6.07) is 17.1. The summed E-state index contributed by atoms with van der Waals surface area (Å²) >= 11 is 1.59. The van der Waals surface area contributed by atoms with Gasteiger partial charge in [0.25, 0.3) is 15.9 Å². The van der Waals surface area contributed by atoms with Gasteiger partial charge in [0.1, 0.15) is 0 Å². The number of thiophene rings is 1. The average molecular weight is 401 g/mol. The molecule has 0 bridgehead atoms. The molecule has 0 unspecified atom stereocenters. The van der Waals surface area contributed by atoms with Gasteiger partial charge in [0.15, 0.2) is 0 Å². The predicted molar refractivity (Wildman–Crippen MR) is 109 cm³/mol. The van der Waals surface area contributed by atoms with Gasteiger partial charge in [-0.2, -0.15) is 0 Å². The molecule has 1 amide bonds. The summed E-state index contributed by atoms with van der Waals surface area (Å²) in [6.07, 6.45) is 0. The molecule has 2 aromatic carbocycles. The van der Waals surface area contributed by atoms with Crippen LogP contribution in [0.1, 0.15) is 20.8 Å². The van der Waals surface area contributed by atoms with E-state index in [1.165, 1.54) is 12.1 Å². The molecule has 3 aromatic rings. The second-order valence-electron chi connectivity index (χ2n) is 6.19. The molecule has 1 heterocycles. The molecule has 1 aromatic heterocycles. The van der Waals surface area contributed by atoms with Crippen LogP contribution >= 0.6 is 11.3 Å². The number of anilines is 1. The molecule has 0 aliphatic heterocycles. The van der Waals surface area contributed by atoms with Gasteiger partial charge in [-0.25, -0.2) is 8.42 Å². The van der Waals surface area contributed by atoms with Crippen molar-refractivity contribution in [3.05, 3.63) is 82.0 Å². The molecule has 1 N–H and O–H groups in total. The van der Waals surface area contributed by atoms with E-state index in [0.29, 0.717) is 17.8 Å². The van der Waals surface area contributed by atoms with E-state index in [1.54, 1.807) is 66.6 Å². The molecule has 0 atom stereocenters. The van der Waals surface area contributed by atoms with E-state index in [1.807, 2.05) is 17.5 Å². The van der Waals surface area contributed by atoms with Crippen molar-refractivity contribution in [2.24, 2.45) is 0 Å². The predicted octanol–water partition coefficient (Wildman–Crippen LogP) is 4.13. The Balaban J connectivity index is 1.83. The molecule has 5 nitrogen and oxygen atoms in total. The van der Waals surface area contributed by atoms with Crippen molar-refractivity contribution in [1.29, 1.82) is 0 Å². The number of benzene rings is 2. The van der Waals surface area contributed by atoms with Crippen molar-refractivity contribution in [1.82, 2.24) is 4.90 Å². The Morgan fingerprint density at radius 3 is 2.48 bits per heavy atom. The highest BCUT2D eigenvalue weighted by atomic mass is 32.2. The molecule has 7 heteroatoms. The number of carbonyl (C=O) groups excluding carboxylic acids is 1. The third-order valence-corrected chi connectivity index (χ3v) is 6.34. The molecule has 140 valence electrons. The van der Waals surface area contributed by atoms with Crippen LogP contribution in [0.5, 0.6) is 0 Å². The number of carbonyl (C=O) groups is 1. The van der Waals surface area contributed by atoms with Gasteiger partial charge in [0.2, 0.25) is 0 Å². The van der Waals surface area contributed by atoms with Crippen LogP contribution in [0.2, 0.25) is 0 Å². The first kappa shape index (κ1) is 19.1. The summed E-state index contributed by atoms with van der Waals surface area (Å²) in [6.45, 7) is 2.31. The zero-order valence-electron chi connectivity index (χ0n) is 15.0. The lowest BCUT2D eigenvalue weighted by molar-refractivity contribution is 0.0786. The largest absolute Gasteiger partial charge is 0.337 e. The third-order valence-electron chi connectivity index (χ3n) is 4.10. The van der Waals surface area contributed by atoms with Crippen LogP contribution in [0.4, 0.5) is 5.69 Å². The number of rotatable bonds is 6. The maximum Gasteiger partial charge on any atom is 0.261 e. The minimum Gasteiger partial charge on any atom is -0.337 e. The molecular weight excluding hydrogens is 380 g/mol. The lowest BCUT2D eigenvalue weighted by Crippen LogP contribution is -2.26. The highest BCUT2D eigenvalue weighted by Crippen LogP contribution is 2.22. The highest BCUT2D eigenvalue weighted by Gasteiger charge is 2.18. The number of aryl methyl sites for hydroxylation is 1. The van der Waals surface area contributed by atoms with E-state index in [-0.39, 0.29) is 10.8 Å². The standard InChI is InChI=1S/C20H20N2O3S2/c1-15-10-11-16(20(23)22(2)14-17-7-6-12-26-17)13-19(15)21-27(24,25)18-8-4-3-5-9-18/h3-13,21H,14H2,1-2H3. The maximum absolute atomic E-state index is 12.7. The summed E-state index contributed by atoms with van der Waals surface area (Å²) in [7, 11) is -1.98. The number of amides is 1. The van der Waals surface area contributed by atoms with Crippen LogP contribution in [0.15, 0.2) is 70.9 Å². The number of hydrogen-bond donors (Lipinski definition) is 1. The molecule has 0 aliphatic carbocycles. The number of nitrogens with one attached hydrogen (secondary N) is 1. The summed E-state index contributed by atoms with van der Waals surface area (Å²) in [5, 5.41) is 1.97. The molecule has 0 saturated carbocycles. The fourth-order valence-electron chi connectivity index (χ4n) is 2.60. The zero-order chi connectivity index (χ0) is 19.4. The third kappa shape index (κ3) is 4.56. The van der Waals surface area contributed by atoms with Crippen LogP contribution < -0.4 is 4.72 Å². The first-order valence-electron chi connectivity index (χ1n) is 8.33. The van der Waals surface area contributed by atoms with Gasteiger partial charge in [-0.3, -0.25) is 9.52 Å². The molecule has 3 rings (SSSR count). The van der Waals surface area contributed by atoms with Gasteiger partial charge in [-0.1, -0.05) is 30.3 Å². The Kier molecular flexibility index (Phi) is 5.62. The maximum atomic E-state index is 12.7. The van der Waals surface area contributed by atoms with E-state index < -0.39 is 10.0 Å². The van der Waals surface area contributed by atoms with Crippen molar-refractivity contribution in [3.8, 4) is 0 Å². The summed E-state index contributed by atoms with van der Waals surface area (Å²) < 4.78 is 27.7. The van der Waals surface area contributed by atoms with Crippen LogP contribution in [0, 0.1) is 6.92 Å². The average Bonchev–Trinajstić information content (AvgIpc) is 3.16. The zero-order valence-corrected chi connectivity index (χ0v) is 16.7. The summed E-state index contributed by atoms with van der Waals surface area (Å²) in [5.74, 6) is -0.163. The van der Waals surface area contributed by atoms with Gasteiger partial charge >= 0.3 is 0 Å². The Bertz CT molecular complexity index is 1030. The Labute approximate surface area is 163 Å². The number of nitrogens with zero attached hydrogens (tertiary/aromatic N) is 1. The summed E-state index contributed by atoms with van der Waals surface area (Å²) in [4.78, 5) is 15.6. The van der Waals surface area contributed by atoms with Crippen molar-refractivity contribution in [3.63, 3.8) is 0 Å². The van der Waals surface area contributed by atoms with E-state index in [2.05, 4.69) is 4.72 Å². The molecule has 0 saturated heterocycles. The van der Waals surface area contributed by atoms with E-state index in [4.69, 9.17) is 0 Å². The van der Waals surface area contributed by atoms with Gasteiger partial charge in [-0.05, 0) is 48.2 Å². The molecule has 0 radical (unpaired) electrons. The second kappa shape index (κ2) is 7.94. The van der Waals surface area contributed by atoms with Crippen LogP contribution in [0.3, 0.4) is 0 Å². The smallest absolute Gasteiger partial charge is 0.261 e. The van der Waals surface area contributed by atoms with Crippen LogP contribution in [0.25, 0.3) is 0 Å². The monoisotopic (exact) mass is 400 g/mol. The van der Waals surface area contributed by atoms with Crippen molar-refractivity contribution >= 4 is 33.0 Å². The SMILES string of the molecule is Cc1ccc(C(=O)N(C)Cc2cccs2)cc1NS(=O)(=O)c1ccccc1. The van der Waals surface area contributed by atoms with E-state index >= 15 is 0 Å². The fraction of sp³-hybridized carbons (Fsp3) is 0.150. The van der Waals surface area contributed by atoms with Crippen molar-refractivity contribution < 1.29 is 13.2 Å². The Morgan fingerprint density at radius 1 is 1.07 bits per heavy atom. The van der Waals surface area contributed by atoms with Crippen molar-refractivity contribution in [2.45, 2.75) is 18.4 Å². The Morgan fingerprint density at radius 2 is 1.81 bits per heavy atom. The van der Waals surface area contributed by atoms with Crippen molar-refractivity contribution in [2.75, 3.05) is 11.8 Å². The fourth-order valence-corrected chi connectivity index (χ4v) is 4.50. The normalized spacial score (nSPS) is 11.2. The quantitative estimate of drug-likeness (QED) is 0.677. The Hall–Kier alpha value is -2.64. The first-order chi connectivity index (χ1) is 12.9. The van der Waals surface area contributed by atoms with Crippen LogP contribution in [-0.2, 0) is 16.6 Å². The molecule has 0 spiro atoms. The van der Waals surface area contributed by atoms with Gasteiger partial charge < -0.3 is 4.90 Å².